The zero-order chi connectivity index (χ0) is 30.1. The van der Waals surface area contributed by atoms with Crippen LogP contribution in [0.25, 0.3) is 0 Å². The van der Waals surface area contributed by atoms with E-state index in [1.165, 1.54) is 84.8 Å². The Bertz CT molecular complexity index is 800. The van der Waals surface area contributed by atoms with Gasteiger partial charge in [-0.3, -0.25) is 0 Å². The Labute approximate surface area is 246 Å². The van der Waals surface area contributed by atoms with Crippen molar-refractivity contribution in [1.29, 1.82) is 0 Å². The molecular weight excluding hydrogens is 532 g/mol. The first-order valence-corrected chi connectivity index (χ1v) is 14.9. The maximum absolute atomic E-state index is 12.8. The average molecular weight is 585 g/mol. The second-order valence-corrected chi connectivity index (χ2v) is 9.99. The fourth-order valence-corrected chi connectivity index (χ4v) is 4.26. The number of ether oxygens (including phenoxy) is 8. The van der Waals surface area contributed by atoms with Crippen LogP contribution in [0.3, 0.4) is 0 Å². The molecule has 0 aromatic heterocycles. The molecule has 0 aliphatic heterocycles. The van der Waals surface area contributed by atoms with E-state index in [1.54, 1.807) is 0 Å². The van der Waals surface area contributed by atoms with Gasteiger partial charge >= 0.3 is 11.9 Å². The molecule has 0 aliphatic rings. The lowest BCUT2D eigenvalue weighted by Crippen LogP contribution is -2.20. The van der Waals surface area contributed by atoms with Crippen LogP contribution in [0, 0.1) is 5.92 Å². The van der Waals surface area contributed by atoms with Crippen LogP contribution >= 0.6 is 0 Å². The molecule has 0 saturated carbocycles. The molecule has 1 atom stereocenters. The number of carbonyl (C=O) groups excluding carboxylic acids is 2. The third-order valence-electron chi connectivity index (χ3n) is 6.48. The summed E-state index contributed by atoms with van der Waals surface area (Å²) in [5.41, 5.74) is 0.0941. The zero-order valence-electron chi connectivity index (χ0n) is 25.8. The van der Waals surface area contributed by atoms with Gasteiger partial charge in [0.25, 0.3) is 0 Å². The molecule has 0 aliphatic carbocycles. The smallest absolute Gasteiger partial charge is 0.344 e. The van der Waals surface area contributed by atoms with Gasteiger partial charge in [0.1, 0.15) is 0 Å². The minimum atomic E-state index is -0.743. The van der Waals surface area contributed by atoms with E-state index in [-0.39, 0.29) is 43.2 Å². The molecule has 10 nitrogen and oxygen atoms in total. The monoisotopic (exact) mass is 584 g/mol. The molecule has 236 valence electrons. The van der Waals surface area contributed by atoms with Gasteiger partial charge in [0.05, 0.1) is 12.2 Å². The van der Waals surface area contributed by atoms with E-state index < -0.39 is 18.5 Å². The van der Waals surface area contributed by atoms with Crippen LogP contribution in [-0.2, 0) is 28.5 Å². The number of unbranched alkanes of at least 4 members (excludes halogenated alkanes) is 8. The predicted molar refractivity (Wildman–Crippen MR) is 155 cm³/mol. The minimum absolute atomic E-state index is 0.0826. The molecule has 0 radical (unpaired) electrons. The summed E-state index contributed by atoms with van der Waals surface area (Å²) in [5, 5.41) is 0. The van der Waals surface area contributed by atoms with Crippen molar-refractivity contribution in [2.75, 3.05) is 54.9 Å². The quantitative estimate of drug-likeness (QED) is 0.0665. The fraction of sp³-hybridized carbons (Fsp3) is 0.742. The summed E-state index contributed by atoms with van der Waals surface area (Å²) < 4.78 is 42.5. The van der Waals surface area contributed by atoms with Crippen LogP contribution in [0.2, 0.25) is 0 Å². The maximum atomic E-state index is 12.8. The molecule has 0 saturated heterocycles. The Morgan fingerprint density at radius 3 is 1.68 bits per heavy atom. The number of hydrogen-bond acceptors (Lipinski definition) is 10. The van der Waals surface area contributed by atoms with Gasteiger partial charge in [-0.25, -0.2) is 9.59 Å². The van der Waals surface area contributed by atoms with Gasteiger partial charge in [-0.2, -0.15) is 0 Å². The first kappa shape index (κ1) is 36.5. The van der Waals surface area contributed by atoms with Crippen molar-refractivity contribution in [3.05, 3.63) is 17.7 Å². The van der Waals surface area contributed by atoms with Gasteiger partial charge in [0.15, 0.2) is 38.5 Å². The minimum Gasteiger partial charge on any atom is -0.463 e. The summed E-state index contributed by atoms with van der Waals surface area (Å²) in [7, 11) is 4.40. The lowest BCUT2D eigenvalue weighted by Gasteiger charge is -2.18. The summed E-state index contributed by atoms with van der Waals surface area (Å²) >= 11 is 0. The number of methoxy groups -OCH3 is 3. The van der Waals surface area contributed by atoms with E-state index in [0.29, 0.717) is 12.5 Å². The second kappa shape index (κ2) is 24.1. The highest BCUT2D eigenvalue weighted by Crippen LogP contribution is 2.39. The van der Waals surface area contributed by atoms with Gasteiger partial charge in [0, 0.05) is 21.3 Å². The molecule has 1 rings (SSSR count). The van der Waals surface area contributed by atoms with Gasteiger partial charge in [-0.15, -0.1) is 0 Å². The third kappa shape index (κ3) is 16.5. The largest absolute Gasteiger partial charge is 0.463 e. The third-order valence-corrected chi connectivity index (χ3v) is 6.48. The highest BCUT2D eigenvalue weighted by atomic mass is 16.7. The van der Waals surface area contributed by atoms with E-state index >= 15 is 0 Å². The Morgan fingerprint density at radius 2 is 1.15 bits per heavy atom. The number of carbonyl (C=O) groups is 2. The van der Waals surface area contributed by atoms with Gasteiger partial charge in [-0.05, 0) is 30.9 Å². The summed E-state index contributed by atoms with van der Waals surface area (Å²) in [5.74, 6) is -0.453. The van der Waals surface area contributed by atoms with Crippen molar-refractivity contribution in [3.8, 4) is 17.2 Å². The molecule has 41 heavy (non-hydrogen) atoms. The molecule has 1 unspecified atom stereocenters. The van der Waals surface area contributed by atoms with E-state index in [0.717, 1.165) is 25.7 Å². The van der Waals surface area contributed by atoms with Crippen molar-refractivity contribution in [3.63, 3.8) is 0 Å². The summed E-state index contributed by atoms with van der Waals surface area (Å²) in [6.45, 7) is 3.97. The topological polar surface area (TPSA) is 108 Å². The van der Waals surface area contributed by atoms with Crippen LogP contribution in [0.5, 0.6) is 17.2 Å². The Kier molecular flexibility index (Phi) is 21.4. The Balaban J connectivity index is 2.75. The molecule has 1 aromatic carbocycles. The van der Waals surface area contributed by atoms with Crippen molar-refractivity contribution >= 4 is 11.9 Å². The lowest BCUT2D eigenvalue weighted by atomic mass is 9.95. The normalized spacial score (nSPS) is 11.6. The van der Waals surface area contributed by atoms with E-state index in [1.807, 2.05) is 0 Å². The van der Waals surface area contributed by atoms with Gasteiger partial charge < -0.3 is 37.9 Å². The number of esters is 2. The van der Waals surface area contributed by atoms with E-state index in [4.69, 9.17) is 37.9 Å². The highest BCUT2D eigenvalue weighted by molar-refractivity contribution is 5.92. The van der Waals surface area contributed by atoms with Crippen LogP contribution in [-0.4, -0.2) is 66.9 Å². The Hall–Kier alpha value is -2.56. The molecule has 0 spiro atoms. The van der Waals surface area contributed by atoms with Crippen molar-refractivity contribution < 1.29 is 47.5 Å². The van der Waals surface area contributed by atoms with Crippen molar-refractivity contribution in [2.45, 2.75) is 90.9 Å². The predicted octanol–water partition coefficient (Wildman–Crippen LogP) is 6.67. The average Bonchev–Trinajstić information content (AvgIpc) is 2.98. The number of rotatable bonds is 26. The van der Waals surface area contributed by atoms with E-state index in [2.05, 4.69) is 13.8 Å². The fourth-order valence-electron chi connectivity index (χ4n) is 4.26. The molecule has 0 N–H and O–H groups in total. The first-order valence-electron chi connectivity index (χ1n) is 14.9. The molecular formula is C31H52O10. The zero-order valence-corrected chi connectivity index (χ0v) is 25.8. The molecule has 10 heteroatoms. The molecule has 0 heterocycles. The summed E-state index contributed by atoms with van der Waals surface area (Å²) in [6.07, 6.45) is 14.2. The second-order valence-electron chi connectivity index (χ2n) is 9.99. The highest BCUT2D eigenvalue weighted by Gasteiger charge is 2.21. The molecule has 1 aromatic rings. The summed E-state index contributed by atoms with van der Waals surface area (Å²) in [6, 6.07) is 2.84. The number of benzene rings is 1. The van der Waals surface area contributed by atoms with E-state index in [9.17, 15) is 9.59 Å². The van der Waals surface area contributed by atoms with Gasteiger partial charge in [0.2, 0.25) is 5.75 Å². The summed E-state index contributed by atoms with van der Waals surface area (Å²) in [4.78, 5) is 25.3. The van der Waals surface area contributed by atoms with Crippen LogP contribution in [0.15, 0.2) is 12.1 Å². The SMILES string of the molecule is CCCCCCCCC(CCCCCC)COC(=O)COC(=O)c1cc(OCOC)c(OCOC)c(OCOC)c1. The molecule has 0 amide bonds. The first-order chi connectivity index (χ1) is 20.0. The lowest BCUT2D eigenvalue weighted by molar-refractivity contribution is -0.148. The van der Waals surface area contributed by atoms with Gasteiger partial charge in [-0.1, -0.05) is 78.1 Å². The Morgan fingerprint density at radius 1 is 0.659 bits per heavy atom. The standard InChI is InChI=1S/C31H52O10/c1-6-8-10-12-13-15-17-25(16-14-11-9-7-2)20-37-29(32)21-38-31(33)26-18-27(39-22-34-3)30(41-24-36-5)28(19-26)40-23-35-4/h18-19,25H,6-17,20-24H2,1-5H3. The van der Waals surface area contributed by atoms with Crippen molar-refractivity contribution in [1.82, 2.24) is 0 Å². The molecule has 0 bridgehead atoms. The van der Waals surface area contributed by atoms with Crippen LogP contribution < -0.4 is 14.2 Å². The maximum Gasteiger partial charge on any atom is 0.344 e. The number of hydrogen-bond donors (Lipinski definition) is 0. The van der Waals surface area contributed by atoms with Crippen LogP contribution in [0.4, 0.5) is 0 Å². The van der Waals surface area contributed by atoms with Crippen LogP contribution in [0.1, 0.15) is 101 Å². The van der Waals surface area contributed by atoms with Crippen molar-refractivity contribution in [2.24, 2.45) is 5.92 Å². The molecule has 0 fully saturated rings.